The summed E-state index contributed by atoms with van der Waals surface area (Å²) in [5, 5.41) is 0. The topological polar surface area (TPSA) is 26.0 Å². The third kappa shape index (κ3) is 5.13. The molecule has 0 heterocycles. The first-order valence-electron chi connectivity index (χ1n) is 13.0. The van der Waals surface area contributed by atoms with Crippen LogP contribution < -0.4 is 5.73 Å². The van der Waals surface area contributed by atoms with Crippen LogP contribution in [0, 0.1) is 30.1 Å². The third-order valence-electron chi connectivity index (χ3n) is 8.27. The summed E-state index contributed by atoms with van der Waals surface area (Å²) in [6, 6.07) is 9.11. The van der Waals surface area contributed by atoms with Crippen LogP contribution in [0.15, 0.2) is 95.2 Å². The second-order valence-corrected chi connectivity index (χ2v) is 10.9. The first kappa shape index (κ1) is 22.9. The van der Waals surface area contributed by atoms with E-state index >= 15 is 0 Å². The van der Waals surface area contributed by atoms with E-state index in [-0.39, 0.29) is 6.04 Å². The Labute approximate surface area is 205 Å². The van der Waals surface area contributed by atoms with Gasteiger partial charge in [-0.05, 0) is 96.1 Å². The molecule has 0 amide bonds. The van der Waals surface area contributed by atoms with Crippen molar-refractivity contribution in [3.05, 3.63) is 106 Å². The van der Waals surface area contributed by atoms with E-state index in [1.165, 1.54) is 72.8 Å². The molecule has 1 nitrogen and oxygen atoms in total. The van der Waals surface area contributed by atoms with Crippen molar-refractivity contribution in [3.63, 3.8) is 0 Å². The summed E-state index contributed by atoms with van der Waals surface area (Å²) in [7, 11) is 0. The van der Waals surface area contributed by atoms with Gasteiger partial charge in [0.25, 0.3) is 0 Å². The molecule has 174 valence electrons. The van der Waals surface area contributed by atoms with Crippen molar-refractivity contribution in [2.75, 3.05) is 0 Å². The molecule has 5 rings (SSSR count). The monoisotopic (exact) mass is 447 g/mol. The standard InChI is InChI=1S/C33H37N/c1-4-22(2)23(3)33(34)29-10-6-9-28-19-32(21-31(28)20-29)30-17-27(18-30)16-26-8-5-7-25(15-26)14-13-24-11-12-24/h1,5-9,15,19-20,24,27,30,33H,2-3,10-14,16-18,21,34H2. The van der Waals surface area contributed by atoms with Gasteiger partial charge in [-0.3, -0.25) is 0 Å². The lowest BCUT2D eigenvalue weighted by Gasteiger charge is -2.37. The fourth-order valence-corrected chi connectivity index (χ4v) is 5.77. The molecule has 0 radical (unpaired) electrons. The average Bonchev–Trinajstić information content (AvgIpc) is 3.61. The summed E-state index contributed by atoms with van der Waals surface area (Å²) >= 11 is 0. The number of hydrogen-bond donors (Lipinski definition) is 1. The minimum absolute atomic E-state index is 0.266. The van der Waals surface area contributed by atoms with E-state index in [1.54, 1.807) is 5.57 Å². The summed E-state index contributed by atoms with van der Waals surface area (Å²) in [5.74, 6) is 5.14. The van der Waals surface area contributed by atoms with Crippen molar-refractivity contribution in [1.29, 1.82) is 0 Å². The SMILES string of the molecule is C#CC(=C)C(=C)C(N)C1=CC2=C(C=CC1)C=C(C1CC(Cc3cccc(CCC4CC4)c3)C1)C2. The van der Waals surface area contributed by atoms with Crippen molar-refractivity contribution in [2.45, 2.75) is 63.8 Å². The molecule has 1 atom stereocenters. The molecule has 0 bridgehead atoms. The van der Waals surface area contributed by atoms with Gasteiger partial charge < -0.3 is 5.73 Å². The minimum atomic E-state index is -0.266. The number of nitrogens with two attached hydrogens (primary N) is 1. The van der Waals surface area contributed by atoms with Crippen LogP contribution in [0.1, 0.15) is 56.1 Å². The van der Waals surface area contributed by atoms with Gasteiger partial charge in [-0.2, -0.15) is 0 Å². The van der Waals surface area contributed by atoms with Crippen molar-refractivity contribution >= 4 is 0 Å². The van der Waals surface area contributed by atoms with Crippen molar-refractivity contribution in [2.24, 2.45) is 23.5 Å². The minimum Gasteiger partial charge on any atom is -0.321 e. The summed E-state index contributed by atoms with van der Waals surface area (Å²) in [5.41, 5.74) is 16.4. The van der Waals surface area contributed by atoms with Crippen LogP contribution in [0.25, 0.3) is 0 Å². The van der Waals surface area contributed by atoms with Crippen LogP contribution in [0.4, 0.5) is 0 Å². The number of terminal acetylenes is 1. The maximum Gasteiger partial charge on any atom is 0.0523 e. The third-order valence-corrected chi connectivity index (χ3v) is 8.27. The Bertz CT molecular complexity index is 1150. The first-order chi connectivity index (χ1) is 16.5. The van der Waals surface area contributed by atoms with Crippen LogP contribution in [-0.4, -0.2) is 6.04 Å². The Morgan fingerprint density at radius 1 is 1.12 bits per heavy atom. The van der Waals surface area contributed by atoms with E-state index in [4.69, 9.17) is 12.2 Å². The molecule has 1 unspecified atom stereocenters. The lowest BCUT2D eigenvalue weighted by molar-refractivity contribution is 0.224. The smallest absolute Gasteiger partial charge is 0.0523 e. The van der Waals surface area contributed by atoms with Gasteiger partial charge in [0.05, 0.1) is 6.04 Å². The second kappa shape index (κ2) is 9.81. The highest BCUT2D eigenvalue weighted by Crippen LogP contribution is 2.46. The average molecular weight is 448 g/mol. The fourth-order valence-electron chi connectivity index (χ4n) is 5.77. The summed E-state index contributed by atoms with van der Waals surface area (Å²) in [6.45, 7) is 8.00. The van der Waals surface area contributed by atoms with Crippen molar-refractivity contribution in [1.82, 2.24) is 0 Å². The molecule has 2 N–H and O–H groups in total. The number of aryl methyl sites for hydroxylation is 1. The summed E-state index contributed by atoms with van der Waals surface area (Å²) in [4.78, 5) is 0. The number of hydrogen-bond acceptors (Lipinski definition) is 1. The number of allylic oxidation sites excluding steroid dienone is 7. The molecule has 0 aromatic heterocycles. The molecule has 0 spiro atoms. The van der Waals surface area contributed by atoms with Crippen LogP contribution in [0.5, 0.6) is 0 Å². The highest BCUT2D eigenvalue weighted by Gasteiger charge is 2.34. The van der Waals surface area contributed by atoms with Gasteiger partial charge in [-0.25, -0.2) is 0 Å². The van der Waals surface area contributed by atoms with E-state index < -0.39 is 0 Å². The second-order valence-electron chi connectivity index (χ2n) is 10.9. The predicted molar refractivity (Wildman–Crippen MR) is 144 cm³/mol. The maximum absolute atomic E-state index is 6.49. The van der Waals surface area contributed by atoms with Crippen LogP contribution >= 0.6 is 0 Å². The Kier molecular flexibility index (Phi) is 6.62. The van der Waals surface area contributed by atoms with Crippen LogP contribution in [0.3, 0.4) is 0 Å². The Hall–Kier alpha value is -2.82. The Morgan fingerprint density at radius 2 is 1.91 bits per heavy atom. The van der Waals surface area contributed by atoms with E-state index in [0.29, 0.717) is 5.57 Å². The Balaban J connectivity index is 1.15. The summed E-state index contributed by atoms with van der Waals surface area (Å²) < 4.78 is 0. The predicted octanol–water partition coefficient (Wildman–Crippen LogP) is 7.18. The zero-order valence-corrected chi connectivity index (χ0v) is 20.4. The van der Waals surface area contributed by atoms with Crippen LogP contribution in [-0.2, 0) is 12.8 Å². The van der Waals surface area contributed by atoms with Crippen molar-refractivity contribution < 1.29 is 0 Å². The van der Waals surface area contributed by atoms with Crippen LogP contribution in [0.2, 0.25) is 0 Å². The highest BCUT2D eigenvalue weighted by atomic mass is 14.6. The van der Waals surface area contributed by atoms with E-state index in [9.17, 15) is 0 Å². The fraction of sp³-hybridized carbons (Fsp3) is 0.394. The molecule has 4 aliphatic carbocycles. The summed E-state index contributed by atoms with van der Waals surface area (Å²) in [6.07, 6.45) is 26.0. The highest BCUT2D eigenvalue weighted by molar-refractivity contribution is 5.55. The normalized spacial score (nSPS) is 24.4. The molecule has 0 saturated heterocycles. The lowest BCUT2D eigenvalue weighted by atomic mass is 9.68. The van der Waals surface area contributed by atoms with Gasteiger partial charge in [-0.1, -0.05) is 86.1 Å². The van der Waals surface area contributed by atoms with Gasteiger partial charge in [0.1, 0.15) is 0 Å². The molecule has 4 aliphatic rings. The molecule has 34 heavy (non-hydrogen) atoms. The van der Waals surface area contributed by atoms with Gasteiger partial charge >= 0.3 is 0 Å². The van der Waals surface area contributed by atoms with E-state index in [0.717, 1.165) is 36.2 Å². The molecule has 1 aromatic rings. The molecule has 2 saturated carbocycles. The maximum atomic E-state index is 6.49. The molecule has 1 aromatic carbocycles. The number of rotatable bonds is 9. The molecular formula is C33H37N. The zero-order chi connectivity index (χ0) is 23.7. The first-order valence-corrected chi connectivity index (χ1v) is 13.0. The molecular weight excluding hydrogens is 410 g/mol. The molecule has 1 heteroatoms. The van der Waals surface area contributed by atoms with E-state index in [2.05, 4.69) is 67.6 Å². The van der Waals surface area contributed by atoms with Gasteiger partial charge in [0.15, 0.2) is 0 Å². The van der Waals surface area contributed by atoms with Gasteiger partial charge in [0.2, 0.25) is 0 Å². The largest absolute Gasteiger partial charge is 0.321 e. The van der Waals surface area contributed by atoms with Gasteiger partial charge in [-0.15, -0.1) is 6.42 Å². The number of benzene rings is 1. The molecule has 2 fully saturated rings. The van der Waals surface area contributed by atoms with Gasteiger partial charge in [0, 0.05) is 5.57 Å². The van der Waals surface area contributed by atoms with E-state index in [1.807, 2.05) is 0 Å². The van der Waals surface area contributed by atoms with Crippen molar-refractivity contribution in [3.8, 4) is 12.3 Å². The lowest BCUT2D eigenvalue weighted by Crippen LogP contribution is -2.27. The Morgan fingerprint density at radius 3 is 2.68 bits per heavy atom. The zero-order valence-electron chi connectivity index (χ0n) is 20.4. The quantitative estimate of drug-likeness (QED) is 0.315. The molecule has 0 aliphatic heterocycles.